The zero-order valence-corrected chi connectivity index (χ0v) is 24.3. The SMILES string of the molecule is COC(=O)c1sc(C2CCC3(CC2)OCCO3)cc1N(C(C)/C=C/C(C)OC)C(O)C(C)/C=C/C(C)C. The molecule has 2 heterocycles. The van der Waals surface area contributed by atoms with E-state index in [-0.39, 0.29) is 24.0 Å². The molecule has 3 rings (SSSR count). The van der Waals surface area contributed by atoms with Gasteiger partial charge in [0.25, 0.3) is 0 Å². The molecule has 1 aromatic heterocycles. The number of aliphatic hydroxyl groups is 1. The number of nitrogens with zero attached hydrogens (tertiary/aromatic N) is 1. The van der Waals surface area contributed by atoms with Crippen molar-refractivity contribution in [3.63, 3.8) is 0 Å². The fourth-order valence-electron chi connectivity index (χ4n) is 5.00. The van der Waals surface area contributed by atoms with Crippen molar-refractivity contribution in [2.45, 2.75) is 90.4 Å². The second-order valence-electron chi connectivity index (χ2n) is 10.6. The molecule has 1 spiro atoms. The molecule has 1 aliphatic heterocycles. The Morgan fingerprint density at radius 3 is 2.30 bits per heavy atom. The Kier molecular flexibility index (Phi) is 10.8. The van der Waals surface area contributed by atoms with Crippen molar-refractivity contribution in [3.05, 3.63) is 40.1 Å². The number of anilines is 1. The van der Waals surface area contributed by atoms with Crippen LogP contribution in [-0.2, 0) is 18.9 Å². The molecule has 208 valence electrons. The number of hydrogen-bond acceptors (Lipinski definition) is 8. The Hall–Kier alpha value is -1.71. The van der Waals surface area contributed by atoms with Crippen molar-refractivity contribution in [1.29, 1.82) is 0 Å². The summed E-state index contributed by atoms with van der Waals surface area (Å²) >= 11 is 1.48. The fourth-order valence-corrected chi connectivity index (χ4v) is 6.25. The van der Waals surface area contributed by atoms with Gasteiger partial charge in [-0.25, -0.2) is 4.79 Å². The lowest BCUT2D eigenvalue weighted by atomic mass is 9.84. The highest BCUT2D eigenvalue weighted by atomic mass is 32.1. The number of methoxy groups -OCH3 is 2. The molecule has 1 aromatic rings. The number of aliphatic hydroxyl groups excluding tert-OH is 1. The van der Waals surface area contributed by atoms with Gasteiger partial charge in [0.2, 0.25) is 0 Å². The highest BCUT2D eigenvalue weighted by Gasteiger charge is 2.41. The molecule has 1 saturated heterocycles. The van der Waals surface area contributed by atoms with Gasteiger partial charge in [-0.15, -0.1) is 11.3 Å². The van der Waals surface area contributed by atoms with E-state index in [2.05, 4.69) is 26.0 Å². The maximum absolute atomic E-state index is 13.0. The van der Waals surface area contributed by atoms with Gasteiger partial charge in [-0.3, -0.25) is 0 Å². The Morgan fingerprint density at radius 1 is 1.08 bits per heavy atom. The number of allylic oxidation sites excluding steroid dienone is 1. The second-order valence-corrected chi connectivity index (χ2v) is 11.7. The number of thiophene rings is 1. The number of carbonyl (C=O) groups excluding carboxylic acids is 1. The summed E-state index contributed by atoms with van der Waals surface area (Å²) in [6.45, 7) is 11.5. The largest absolute Gasteiger partial charge is 0.465 e. The van der Waals surface area contributed by atoms with Crippen molar-refractivity contribution >= 4 is 23.0 Å². The molecule has 0 bridgehead atoms. The van der Waals surface area contributed by atoms with E-state index >= 15 is 0 Å². The van der Waals surface area contributed by atoms with Crippen LogP contribution in [0.15, 0.2) is 30.4 Å². The van der Waals surface area contributed by atoms with Crippen LogP contribution in [0.25, 0.3) is 0 Å². The van der Waals surface area contributed by atoms with Gasteiger partial charge < -0.3 is 29.0 Å². The number of carbonyl (C=O) groups is 1. The standard InChI is InChI=1S/C29H45NO6S/c1-19(2)8-9-20(3)27(31)30(21(4)10-11-22(5)33-6)24-18-25(37-26(24)28(32)34-7)23-12-14-29(15-13-23)35-16-17-36-29/h8-11,18-23,27,31H,12-17H2,1-7H3/b9-8+,11-10+. The van der Waals surface area contributed by atoms with Crippen molar-refractivity contribution in [2.24, 2.45) is 11.8 Å². The molecule has 1 aliphatic carbocycles. The van der Waals surface area contributed by atoms with Gasteiger partial charge in [0.15, 0.2) is 5.79 Å². The van der Waals surface area contributed by atoms with E-state index in [9.17, 15) is 9.90 Å². The summed E-state index contributed by atoms with van der Waals surface area (Å²) in [6, 6.07) is 1.89. The molecule has 2 aliphatic rings. The summed E-state index contributed by atoms with van der Waals surface area (Å²) in [4.78, 5) is 16.6. The number of esters is 1. The Labute approximate surface area is 226 Å². The molecule has 0 amide bonds. The summed E-state index contributed by atoms with van der Waals surface area (Å²) in [5.41, 5.74) is 0.708. The highest BCUT2D eigenvalue weighted by Crippen LogP contribution is 2.46. The van der Waals surface area contributed by atoms with Crippen LogP contribution in [0, 0.1) is 11.8 Å². The van der Waals surface area contributed by atoms with Crippen LogP contribution in [0.4, 0.5) is 5.69 Å². The number of ether oxygens (including phenoxy) is 4. The molecule has 7 nitrogen and oxygen atoms in total. The topological polar surface area (TPSA) is 77.5 Å². The molecular weight excluding hydrogens is 490 g/mol. The predicted molar refractivity (Wildman–Crippen MR) is 148 cm³/mol. The van der Waals surface area contributed by atoms with Gasteiger partial charge in [-0.2, -0.15) is 0 Å². The molecule has 0 aromatic carbocycles. The first-order valence-electron chi connectivity index (χ1n) is 13.5. The van der Waals surface area contributed by atoms with E-state index in [0.717, 1.165) is 30.6 Å². The van der Waals surface area contributed by atoms with Gasteiger partial charge in [0.05, 0.1) is 32.1 Å². The van der Waals surface area contributed by atoms with E-state index < -0.39 is 12.0 Å². The summed E-state index contributed by atoms with van der Waals surface area (Å²) < 4.78 is 22.4. The minimum Gasteiger partial charge on any atom is -0.465 e. The molecule has 2 fully saturated rings. The van der Waals surface area contributed by atoms with Gasteiger partial charge in [0.1, 0.15) is 11.1 Å². The third-order valence-corrected chi connectivity index (χ3v) is 8.64. The molecule has 0 radical (unpaired) electrons. The predicted octanol–water partition coefficient (Wildman–Crippen LogP) is 5.89. The van der Waals surface area contributed by atoms with Crippen molar-refractivity contribution in [2.75, 3.05) is 32.3 Å². The minimum atomic E-state index is -0.840. The zero-order chi connectivity index (χ0) is 27.2. The molecular formula is C29H45NO6S. The summed E-state index contributed by atoms with van der Waals surface area (Å²) in [5.74, 6) is -0.288. The first kappa shape index (κ1) is 29.8. The van der Waals surface area contributed by atoms with Crippen molar-refractivity contribution in [1.82, 2.24) is 0 Å². The van der Waals surface area contributed by atoms with E-state index in [1.54, 1.807) is 7.11 Å². The Bertz CT molecular complexity index is 925. The lowest BCUT2D eigenvalue weighted by molar-refractivity contribution is -0.178. The first-order valence-corrected chi connectivity index (χ1v) is 14.3. The number of rotatable bonds is 11. The van der Waals surface area contributed by atoms with Crippen LogP contribution in [0.1, 0.15) is 80.8 Å². The lowest BCUT2D eigenvalue weighted by Gasteiger charge is -2.37. The first-order chi connectivity index (χ1) is 17.6. The second kappa shape index (κ2) is 13.4. The molecule has 4 unspecified atom stereocenters. The van der Waals surface area contributed by atoms with E-state index in [1.165, 1.54) is 18.4 Å². The van der Waals surface area contributed by atoms with E-state index in [4.69, 9.17) is 18.9 Å². The number of hydrogen-bond donors (Lipinski definition) is 1. The van der Waals surface area contributed by atoms with Gasteiger partial charge in [0, 0.05) is 36.8 Å². The van der Waals surface area contributed by atoms with Crippen LogP contribution < -0.4 is 4.90 Å². The quantitative estimate of drug-likeness (QED) is 0.215. The van der Waals surface area contributed by atoms with Gasteiger partial charge in [-0.05, 0) is 44.6 Å². The zero-order valence-electron chi connectivity index (χ0n) is 23.4. The van der Waals surface area contributed by atoms with Crippen molar-refractivity contribution in [3.8, 4) is 0 Å². The van der Waals surface area contributed by atoms with Crippen LogP contribution in [-0.4, -0.2) is 62.7 Å². The Morgan fingerprint density at radius 2 is 1.73 bits per heavy atom. The minimum absolute atomic E-state index is 0.0626. The summed E-state index contributed by atoms with van der Waals surface area (Å²) in [7, 11) is 3.07. The smallest absolute Gasteiger partial charge is 0.350 e. The monoisotopic (exact) mass is 535 g/mol. The van der Waals surface area contributed by atoms with E-state index in [1.807, 2.05) is 43.9 Å². The average molecular weight is 536 g/mol. The lowest BCUT2D eigenvalue weighted by Crippen LogP contribution is -2.45. The van der Waals surface area contributed by atoms with Crippen LogP contribution in [0.3, 0.4) is 0 Å². The van der Waals surface area contributed by atoms with Gasteiger partial charge >= 0.3 is 5.97 Å². The molecule has 4 atom stereocenters. The van der Waals surface area contributed by atoms with Gasteiger partial charge in [-0.1, -0.05) is 45.1 Å². The average Bonchev–Trinajstić information content (AvgIpc) is 3.53. The third-order valence-electron chi connectivity index (χ3n) is 7.37. The maximum atomic E-state index is 13.0. The van der Waals surface area contributed by atoms with Crippen LogP contribution >= 0.6 is 11.3 Å². The van der Waals surface area contributed by atoms with Crippen molar-refractivity contribution < 1.29 is 28.8 Å². The molecule has 1 N–H and O–H groups in total. The summed E-state index contributed by atoms with van der Waals surface area (Å²) in [6.07, 6.45) is 10.8. The van der Waals surface area contributed by atoms with Crippen LogP contribution in [0.2, 0.25) is 0 Å². The molecule has 37 heavy (non-hydrogen) atoms. The third kappa shape index (κ3) is 7.45. The maximum Gasteiger partial charge on any atom is 0.350 e. The highest BCUT2D eigenvalue weighted by molar-refractivity contribution is 7.14. The van der Waals surface area contributed by atoms with Crippen LogP contribution in [0.5, 0.6) is 0 Å². The summed E-state index contributed by atoms with van der Waals surface area (Å²) in [5, 5.41) is 11.6. The normalized spacial score (nSPS) is 21.6. The fraction of sp³-hybridized carbons (Fsp3) is 0.690. The molecule has 1 saturated carbocycles. The van der Waals surface area contributed by atoms with E-state index in [0.29, 0.717) is 35.6 Å². The Balaban J connectivity index is 1.97. The molecule has 8 heteroatoms.